The number of hydrogen-bond donors (Lipinski definition) is 1. The van der Waals surface area contributed by atoms with Crippen molar-refractivity contribution < 1.29 is 4.79 Å². The van der Waals surface area contributed by atoms with Gasteiger partial charge in [-0.3, -0.25) is 4.79 Å². The van der Waals surface area contributed by atoms with Crippen LogP contribution in [0.15, 0.2) is 40.0 Å². The summed E-state index contributed by atoms with van der Waals surface area (Å²) in [7, 11) is 0. The summed E-state index contributed by atoms with van der Waals surface area (Å²) in [6.07, 6.45) is 0.854. The normalized spacial score (nSPS) is 10.9. The standard InChI is InChI=1S/C19H21BrN6OS/c1-4-9-21-18(27)17-16(11-28-19-22-12(2)10-13(3)23-19)26(25-24-17)15-7-5-14(20)6-8-15/h5-8,10H,4,9,11H2,1-3H3,(H,21,27). The molecule has 0 aliphatic carbocycles. The Kier molecular flexibility index (Phi) is 6.79. The van der Waals surface area contributed by atoms with E-state index in [1.165, 1.54) is 11.8 Å². The number of thioether (sulfide) groups is 1. The molecule has 3 rings (SSSR count). The lowest BCUT2D eigenvalue weighted by molar-refractivity contribution is 0.0948. The number of aromatic nitrogens is 5. The number of amides is 1. The van der Waals surface area contributed by atoms with Crippen LogP contribution in [0.3, 0.4) is 0 Å². The predicted octanol–water partition coefficient (Wildman–Crippen LogP) is 3.87. The molecule has 7 nitrogen and oxygen atoms in total. The molecule has 2 aromatic heterocycles. The predicted molar refractivity (Wildman–Crippen MR) is 113 cm³/mol. The summed E-state index contributed by atoms with van der Waals surface area (Å²) >= 11 is 4.90. The Morgan fingerprint density at radius 1 is 1.18 bits per heavy atom. The number of benzene rings is 1. The number of nitrogens with one attached hydrogen (secondary N) is 1. The number of halogens is 1. The fourth-order valence-corrected chi connectivity index (χ4v) is 3.82. The second kappa shape index (κ2) is 9.29. The van der Waals surface area contributed by atoms with E-state index in [9.17, 15) is 4.79 Å². The van der Waals surface area contributed by atoms with E-state index in [-0.39, 0.29) is 5.91 Å². The highest BCUT2D eigenvalue weighted by atomic mass is 79.9. The van der Waals surface area contributed by atoms with Crippen molar-refractivity contribution in [3.63, 3.8) is 0 Å². The van der Waals surface area contributed by atoms with Crippen LogP contribution in [0.5, 0.6) is 0 Å². The van der Waals surface area contributed by atoms with Crippen molar-refractivity contribution in [3.8, 4) is 5.69 Å². The van der Waals surface area contributed by atoms with Gasteiger partial charge in [-0.15, -0.1) is 5.10 Å². The third-order valence-corrected chi connectivity index (χ3v) is 5.27. The lowest BCUT2D eigenvalue weighted by atomic mass is 10.3. The summed E-state index contributed by atoms with van der Waals surface area (Å²) < 4.78 is 2.67. The molecule has 1 amide bonds. The third-order valence-electron chi connectivity index (χ3n) is 3.88. The minimum atomic E-state index is -0.220. The molecule has 1 N–H and O–H groups in total. The first kappa shape index (κ1) is 20.5. The van der Waals surface area contributed by atoms with Gasteiger partial charge in [-0.1, -0.05) is 39.8 Å². The first-order valence-corrected chi connectivity index (χ1v) is 10.7. The molecule has 0 saturated heterocycles. The zero-order valence-electron chi connectivity index (χ0n) is 15.9. The second-order valence-corrected chi connectivity index (χ2v) is 8.11. The minimum absolute atomic E-state index is 0.220. The van der Waals surface area contributed by atoms with Crippen molar-refractivity contribution in [2.45, 2.75) is 38.1 Å². The molecule has 0 saturated carbocycles. The number of carbonyl (C=O) groups is 1. The van der Waals surface area contributed by atoms with Crippen molar-refractivity contribution in [1.29, 1.82) is 0 Å². The van der Waals surface area contributed by atoms with E-state index in [4.69, 9.17) is 0 Å². The molecule has 0 bridgehead atoms. The average Bonchev–Trinajstić information content (AvgIpc) is 3.08. The zero-order chi connectivity index (χ0) is 20.1. The Hall–Kier alpha value is -2.26. The van der Waals surface area contributed by atoms with Crippen molar-refractivity contribution in [2.75, 3.05) is 6.54 Å². The molecular formula is C19H21BrN6OS. The van der Waals surface area contributed by atoms with Gasteiger partial charge in [0.15, 0.2) is 10.9 Å². The Labute approximate surface area is 176 Å². The molecule has 0 atom stereocenters. The van der Waals surface area contributed by atoms with Crippen LogP contribution in [0, 0.1) is 13.8 Å². The highest BCUT2D eigenvalue weighted by molar-refractivity contribution is 9.10. The molecule has 0 unspecified atom stereocenters. The van der Waals surface area contributed by atoms with Crippen LogP contribution in [0.2, 0.25) is 0 Å². The van der Waals surface area contributed by atoms with Crippen LogP contribution in [0.25, 0.3) is 5.69 Å². The van der Waals surface area contributed by atoms with Crippen molar-refractivity contribution >= 4 is 33.6 Å². The first-order chi connectivity index (χ1) is 13.5. The SMILES string of the molecule is CCCNC(=O)c1nnn(-c2ccc(Br)cc2)c1CSc1nc(C)cc(C)n1. The quantitative estimate of drug-likeness (QED) is 0.425. The van der Waals surface area contributed by atoms with Crippen LogP contribution in [-0.2, 0) is 5.75 Å². The Balaban J connectivity index is 1.93. The summed E-state index contributed by atoms with van der Waals surface area (Å²) in [5, 5.41) is 11.9. The summed E-state index contributed by atoms with van der Waals surface area (Å²) in [5.74, 6) is 0.253. The highest BCUT2D eigenvalue weighted by Crippen LogP contribution is 2.24. The molecule has 28 heavy (non-hydrogen) atoms. The average molecular weight is 461 g/mol. The number of aryl methyl sites for hydroxylation is 2. The van der Waals surface area contributed by atoms with Gasteiger partial charge in [0.2, 0.25) is 0 Å². The van der Waals surface area contributed by atoms with Gasteiger partial charge in [0.25, 0.3) is 5.91 Å². The number of rotatable bonds is 7. The summed E-state index contributed by atoms with van der Waals surface area (Å²) in [4.78, 5) is 21.5. The van der Waals surface area contributed by atoms with Gasteiger partial charge in [-0.05, 0) is 50.6 Å². The van der Waals surface area contributed by atoms with Crippen molar-refractivity contribution in [1.82, 2.24) is 30.3 Å². The van der Waals surface area contributed by atoms with Crippen LogP contribution < -0.4 is 5.32 Å². The van der Waals surface area contributed by atoms with E-state index in [1.54, 1.807) is 4.68 Å². The third kappa shape index (κ3) is 4.96. The second-order valence-electron chi connectivity index (χ2n) is 6.25. The number of hydrogen-bond acceptors (Lipinski definition) is 6. The van der Waals surface area contributed by atoms with Gasteiger partial charge in [0.05, 0.1) is 11.4 Å². The van der Waals surface area contributed by atoms with Gasteiger partial charge in [0.1, 0.15) is 0 Å². The van der Waals surface area contributed by atoms with Gasteiger partial charge < -0.3 is 5.32 Å². The molecule has 9 heteroatoms. The molecule has 2 heterocycles. The van der Waals surface area contributed by atoms with Gasteiger partial charge in [-0.25, -0.2) is 14.6 Å². The number of nitrogens with zero attached hydrogens (tertiary/aromatic N) is 5. The Morgan fingerprint density at radius 3 is 2.50 bits per heavy atom. The van der Waals surface area contributed by atoms with E-state index >= 15 is 0 Å². The maximum atomic E-state index is 12.6. The molecule has 0 aliphatic heterocycles. The molecule has 0 fully saturated rings. The van der Waals surface area contributed by atoms with Gasteiger partial charge in [0, 0.05) is 28.2 Å². The van der Waals surface area contributed by atoms with Crippen molar-refractivity contribution in [2.24, 2.45) is 0 Å². The molecule has 3 aromatic rings. The lowest BCUT2D eigenvalue weighted by Gasteiger charge is -2.09. The lowest BCUT2D eigenvalue weighted by Crippen LogP contribution is -2.25. The van der Waals surface area contributed by atoms with Crippen LogP contribution >= 0.6 is 27.7 Å². The summed E-state index contributed by atoms with van der Waals surface area (Å²) in [6, 6.07) is 9.64. The molecule has 1 aromatic carbocycles. The molecule has 0 spiro atoms. The summed E-state index contributed by atoms with van der Waals surface area (Å²) in [5.41, 5.74) is 3.70. The molecule has 0 radical (unpaired) electrons. The Bertz CT molecular complexity index is 953. The fourth-order valence-electron chi connectivity index (χ4n) is 2.61. The zero-order valence-corrected chi connectivity index (χ0v) is 18.3. The van der Waals surface area contributed by atoms with E-state index in [0.717, 1.165) is 28.0 Å². The maximum Gasteiger partial charge on any atom is 0.273 e. The molecular weight excluding hydrogens is 440 g/mol. The number of carbonyl (C=O) groups excluding carboxylic acids is 1. The van der Waals surface area contributed by atoms with Crippen LogP contribution in [0.4, 0.5) is 0 Å². The molecule has 0 aliphatic rings. The highest BCUT2D eigenvalue weighted by Gasteiger charge is 2.21. The maximum absolute atomic E-state index is 12.6. The topological polar surface area (TPSA) is 85.6 Å². The largest absolute Gasteiger partial charge is 0.351 e. The Morgan fingerprint density at radius 2 is 1.86 bits per heavy atom. The van der Waals surface area contributed by atoms with E-state index < -0.39 is 0 Å². The minimum Gasteiger partial charge on any atom is -0.351 e. The first-order valence-electron chi connectivity index (χ1n) is 8.91. The van der Waals surface area contributed by atoms with Gasteiger partial charge >= 0.3 is 0 Å². The smallest absolute Gasteiger partial charge is 0.273 e. The fraction of sp³-hybridized carbons (Fsp3) is 0.316. The van der Waals surface area contributed by atoms with Gasteiger partial charge in [-0.2, -0.15) is 0 Å². The monoisotopic (exact) mass is 460 g/mol. The summed E-state index contributed by atoms with van der Waals surface area (Å²) in [6.45, 7) is 6.48. The van der Waals surface area contributed by atoms with Crippen LogP contribution in [0.1, 0.15) is 40.9 Å². The van der Waals surface area contributed by atoms with Crippen LogP contribution in [-0.4, -0.2) is 37.4 Å². The van der Waals surface area contributed by atoms with E-state index in [2.05, 4.69) is 41.5 Å². The van der Waals surface area contributed by atoms with E-state index in [0.29, 0.717) is 28.8 Å². The molecule has 146 valence electrons. The van der Waals surface area contributed by atoms with E-state index in [1.807, 2.05) is 51.1 Å². The van der Waals surface area contributed by atoms with Crippen molar-refractivity contribution in [3.05, 3.63) is 57.6 Å².